The van der Waals surface area contributed by atoms with Crippen LogP contribution in [0, 0.1) is 0 Å². The number of rotatable bonds is 5. The average molecular weight is 316 g/mol. The molecule has 1 atom stereocenters. The number of nitrogens with one attached hydrogen (secondary N) is 2. The summed E-state index contributed by atoms with van der Waals surface area (Å²) in [6.45, 7) is 5.30. The first kappa shape index (κ1) is 15.6. The van der Waals surface area contributed by atoms with Crippen molar-refractivity contribution < 1.29 is 4.79 Å². The Morgan fingerprint density at radius 2 is 2.25 bits per heavy atom. The van der Waals surface area contributed by atoms with Crippen LogP contribution < -0.4 is 10.6 Å². The van der Waals surface area contributed by atoms with Crippen LogP contribution in [0.4, 0.5) is 5.69 Å². The molecule has 20 heavy (non-hydrogen) atoms. The molecule has 1 aromatic rings. The zero-order valence-electron chi connectivity index (χ0n) is 11.5. The van der Waals surface area contributed by atoms with E-state index in [9.17, 15) is 4.79 Å². The Labute approximate surface area is 129 Å². The highest BCUT2D eigenvalue weighted by Crippen LogP contribution is 2.25. The van der Waals surface area contributed by atoms with Crippen LogP contribution in [0.3, 0.4) is 0 Å². The van der Waals surface area contributed by atoms with Crippen LogP contribution in [0.2, 0.25) is 10.0 Å². The lowest BCUT2D eigenvalue weighted by molar-refractivity contribution is -0.117. The van der Waals surface area contributed by atoms with Gasteiger partial charge in [-0.15, -0.1) is 0 Å². The van der Waals surface area contributed by atoms with Crippen molar-refractivity contribution in [1.82, 2.24) is 10.2 Å². The van der Waals surface area contributed by atoms with Crippen molar-refractivity contribution in [1.29, 1.82) is 0 Å². The van der Waals surface area contributed by atoms with E-state index < -0.39 is 0 Å². The van der Waals surface area contributed by atoms with E-state index in [1.54, 1.807) is 18.2 Å². The van der Waals surface area contributed by atoms with Gasteiger partial charge in [-0.1, -0.05) is 30.1 Å². The second-order valence-corrected chi connectivity index (χ2v) is 5.70. The number of amides is 1. The molecular weight excluding hydrogens is 297 g/mol. The largest absolute Gasteiger partial charge is 0.325 e. The minimum Gasteiger partial charge on any atom is -0.325 e. The van der Waals surface area contributed by atoms with Gasteiger partial charge in [-0.2, -0.15) is 0 Å². The zero-order chi connectivity index (χ0) is 14.5. The molecule has 2 rings (SSSR count). The standard InChI is InChI=1S/C14H19Cl2N3O/c1-2-19(11-5-6-17-8-11)9-14(20)18-10-3-4-12(15)13(16)7-10/h3-4,7,11,17H,2,5-6,8-9H2,1H3,(H,18,20). The minimum atomic E-state index is -0.0304. The van der Waals surface area contributed by atoms with Crippen molar-refractivity contribution >= 4 is 34.8 Å². The van der Waals surface area contributed by atoms with Crippen molar-refractivity contribution in [2.75, 3.05) is 31.5 Å². The van der Waals surface area contributed by atoms with Crippen molar-refractivity contribution in [3.63, 3.8) is 0 Å². The van der Waals surface area contributed by atoms with Gasteiger partial charge < -0.3 is 10.6 Å². The van der Waals surface area contributed by atoms with E-state index in [4.69, 9.17) is 23.2 Å². The monoisotopic (exact) mass is 315 g/mol. The van der Waals surface area contributed by atoms with Crippen LogP contribution in [0.15, 0.2) is 18.2 Å². The van der Waals surface area contributed by atoms with Gasteiger partial charge in [0.25, 0.3) is 0 Å². The molecule has 1 aliphatic rings. The van der Waals surface area contributed by atoms with Crippen molar-refractivity contribution in [3.8, 4) is 0 Å². The molecule has 1 aromatic carbocycles. The quantitative estimate of drug-likeness (QED) is 0.878. The molecule has 6 heteroatoms. The molecule has 2 N–H and O–H groups in total. The fraction of sp³-hybridized carbons (Fsp3) is 0.500. The number of carbonyl (C=O) groups excluding carboxylic acids is 1. The topological polar surface area (TPSA) is 44.4 Å². The first-order valence-corrected chi connectivity index (χ1v) is 7.55. The number of carbonyl (C=O) groups is 1. The molecule has 0 aromatic heterocycles. The van der Waals surface area contributed by atoms with Crippen LogP contribution in [-0.4, -0.2) is 43.0 Å². The van der Waals surface area contributed by atoms with Gasteiger partial charge in [0.1, 0.15) is 0 Å². The van der Waals surface area contributed by atoms with E-state index >= 15 is 0 Å². The highest BCUT2D eigenvalue weighted by atomic mass is 35.5. The first-order valence-electron chi connectivity index (χ1n) is 6.80. The van der Waals surface area contributed by atoms with Crippen LogP contribution in [0.1, 0.15) is 13.3 Å². The van der Waals surface area contributed by atoms with Gasteiger partial charge in [0.05, 0.1) is 16.6 Å². The second kappa shape index (κ2) is 7.27. The van der Waals surface area contributed by atoms with Gasteiger partial charge in [0.2, 0.25) is 5.91 Å². The Morgan fingerprint density at radius 3 is 2.85 bits per heavy atom. The lowest BCUT2D eigenvalue weighted by atomic mass is 10.2. The van der Waals surface area contributed by atoms with Gasteiger partial charge >= 0.3 is 0 Å². The predicted molar refractivity (Wildman–Crippen MR) is 83.6 cm³/mol. The smallest absolute Gasteiger partial charge is 0.238 e. The Hall–Kier alpha value is -0.810. The molecule has 0 saturated carbocycles. The van der Waals surface area contributed by atoms with E-state index in [1.807, 2.05) is 0 Å². The summed E-state index contributed by atoms with van der Waals surface area (Å²) in [5.74, 6) is -0.0304. The summed E-state index contributed by atoms with van der Waals surface area (Å²) in [6.07, 6.45) is 1.09. The molecule has 0 spiro atoms. The third kappa shape index (κ3) is 4.09. The fourth-order valence-corrected chi connectivity index (χ4v) is 2.71. The van der Waals surface area contributed by atoms with Gasteiger partial charge in [-0.3, -0.25) is 9.69 Å². The van der Waals surface area contributed by atoms with Crippen molar-refractivity contribution in [2.45, 2.75) is 19.4 Å². The van der Waals surface area contributed by atoms with Gasteiger partial charge in [0, 0.05) is 18.3 Å². The maximum atomic E-state index is 12.1. The molecule has 4 nitrogen and oxygen atoms in total. The zero-order valence-corrected chi connectivity index (χ0v) is 13.0. The Balaban J connectivity index is 1.91. The maximum Gasteiger partial charge on any atom is 0.238 e. The lowest BCUT2D eigenvalue weighted by Crippen LogP contribution is -2.41. The molecule has 1 unspecified atom stereocenters. The highest BCUT2D eigenvalue weighted by molar-refractivity contribution is 6.42. The van der Waals surface area contributed by atoms with Crippen molar-refractivity contribution in [3.05, 3.63) is 28.2 Å². The van der Waals surface area contributed by atoms with Crippen LogP contribution in [0.5, 0.6) is 0 Å². The molecule has 0 bridgehead atoms. The van der Waals surface area contributed by atoms with Gasteiger partial charge in [0.15, 0.2) is 0 Å². The highest BCUT2D eigenvalue weighted by Gasteiger charge is 2.22. The molecule has 1 aliphatic heterocycles. The summed E-state index contributed by atoms with van der Waals surface area (Å²) in [5.41, 5.74) is 0.671. The number of anilines is 1. The number of hydrogen-bond donors (Lipinski definition) is 2. The Kier molecular flexibility index (Phi) is 5.66. The first-order chi connectivity index (χ1) is 9.60. The summed E-state index contributed by atoms with van der Waals surface area (Å²) in [6, 6.07) is 5.53. The van der Waals surface area contributed by atoms with Gasteiger partial charge in [-0.25, -0.2) is 0 Å². The molecule has 1 fully saturated rings. The summed E-state index contributed by atoms with van der Waals surface area (Å²) >= 11 is 11.8. The van der Waals surface area contributed by atoms with E-state index in [2.05, 4.69) is 22.5 Å². The number of hydrogen-bond acceptors (Lipinski definition) is 3. The third-order valence-corrected chi connectivity index (χ3v) is 4.25. The molecule has 1 heterocycles. The number of nitrogens with zero attached hydrogens (tertiary/aromatic N) is 1. The maximum absolute atomic E-state index is 12.1. The number of likely N-dealkylation sites (N-methyl/N-ethyl adjacent to an activating group) is 1. The Morgan fingerprint density at radius 1 is 1.45 bits per heavy atom. The summed E-state index contributed by atoms with van der Waals surface area (Å²) in [7, 11) is 0. The minimum absolute atomic E-state index is 0.0304. The molecular formula is C14H19Cl2N3O. The average Bonchev–Trinajstić information content (AvgIpc) is 2.94. The summed E-state index contributed by atoms with van der Waals surface area (Å²) in [5, 5.41) is 7.10. The Bertz CT molecular complexity index is 475. The molecule has 1 saturated heterocycles. The molecule has 0 aliphatic carbocycles. The number of halogens is 2. The fourth-order valence-electron chi connectivity index (χ4n) is 2.41. The molecule has 1 amide bonds. The number of benzene rings is 1. The lowest BCUT2D eigenvalue weighted by Gasteiger charge is -2.26. The second-order valence-electron chi connectivity index (χ2n) is 4.89. The van der Waals surface area contributed by atoms with Crippen molar-refractivity contribution in [2.24, 2.45) is 0 Å². The molecule has 0 radical (unpaired) electrons. The van der Waals surface area contributed by atoms with E-state index in [0.29, 0.717) is 28.3 Å². The SMILES string of the molecule is CCN(CC(=O)Nc1ccc(Cl)c(Cl)c1)C1CCNC1. The van der Waals surface area contributed by atoms with Crippen LogP contribution in [-0.2, 0) is 4.79 Å². The van der Waals surface area contributed by atoms with E-state index in [1.165, 1.54) is 0 Å². The van der Waals surface area contributed by atoms with Crippen LogP contribution >= 0.6 is 23.2 Å². The van der Waals surface area contributed by atoms with Crippen LogP contribution in [0.25, 0.3) is 0 Å². The summed E-state index contributed by atoms with van der Waals surface area (Å²) in [4.78, 5) is 14.3. The van der Waals surface area contributed by atoms with Gasteiger partial charge in [-0.05, 0) is 37.7 Å². The predicted octanol–water partition coefficient (Wildman–Crippen LogP) is 2.62. The molecule has 110 valence electrons. The third-order valence-electron chi connectivity index (χ3n) is 3.51. The summed E-state index contributed by atoms with van der Waals surface area (Å²) < 4.78 is 0. The van der Waals surface area contributed by atoms with E-state index in [0.717, 1.165) is 26.1 Å². The van der Waals surface area contributed by atoms with E-state index in [-0.39, 0.29) is 5.91 Å². The normalized spacial score (nSPS) is 18.5.